The molecule has 126 valence electrons. The summed E-state index contributed by atoms with van der Waals surface area (Å²) in [4.78, 5) is 21.7. The second-order valence-corrected chi connectivity index (χ2v) is 4.84. The van der Waals surface area contributed by atoms with Crippen molar-refractivity contribution in [3.8, 4) is 11.5 Å². The lowest BCUT2D eigenvalue weighted by atomic mass is 9.99. The number of hydrogen-bond donors (Lipinski definition) is 6. The Kier molecular flexibility index (Phi) is 4.71. The second kappa shape index (κ2) is 6.38. The number of ether oxygens (including phenoxy) is 2. The van der Waals surface area contributed by atoms with Crippen molar-refractivity contribution in [1.82, 2.24) is 0 Å². The summed E-state index contributed by atoms with van der Waals surface area (Å²) in [7, 11) is 0. The van der Waals surface area contributed by atoms with Crippen LogP contribution < -0.4 is 4.74 Å². The van der Waals surface area contributed by atoms with Gasteiger partial charge in [0.05, 0.1) is 0 Å². The fourth-order valence-corrected chi connectivity index (χ4v) is 2.05. The van der Waals surface area contributed by atoms with Crippen LogP contribution in [0.2, 0.25) is 0 Å². The average Bonchev–Trinajstić information content (AvgIpc) is 2.47. The van der Waals surface area contributed by atoms with Crippen LogP contribution in [0.5, 0.6) is 11.5 Å². The second-order valence-electron chi connectivity index (χ2n) is 4.84. The van der Waals surface area contributed by atoms with Crippen LogP contribution in [0.15, 0.2) is 18.2 Å². The van der Waals surface area contributed by atoms with Gasteiger partial charge in [-0.3, -0.25) is 0 Å². The minimum Gasteiger partial charge on any atom is -0.507 e. The minimum atomic E-state index is -1.86. The smallest absolute Gasteiger partial charge is 0.339 e. The first-order chi connectivity index (χ1) is 10.7. The van der Waals surface area contributed by atoms with Crippen LogP contribution in [0.1, 0.15) is 10.4 Å². The van der Waals surface area contributed by atoms with Crippen LogP contribution >= 0.6 is 0 Å². The number of aromatic hydroxyl groups is 1. The van der Waals surface area contributed by atoms with Crippen molar-refractivity contribution in [3.05, 3.63) is 23.8 Å². The number of aromatic carboxylic acids is 1. The molecule has 0 radical (unpaired) electrons. The van der Waals surface area contributed by atoms with Crippen molar-refractivity contribution in [3.63, 3.8) is 0 Å². The molecule has 10 heteroatoms. The molecule has 1 fully saturated rings. The number of carbonyl (C=O) groups is 2. The lowest BCUT2D eigenvalue weighted by molar-refractivity contribution is -0.271. The molecule has 6 N–H and O–H groups in total. The van der Waals surface area contributed by atoms with Crippen LogP contribution in [0.25, 0.3) is 0 Å². The van der Waals surface area contributed by atoms with Crippen molar-refractivity contribution in [1.29, 1.82) is 0 Å². The number of rotatable bonds is 4. The van der Waals surface area contributed by atoms with Gasteiger partial charge in [0.1, 0.15) is 35.4 Å². The number of phenols is 1. The van der Waals surface area contributed by atoms with Crippen LogP contribution in [0, 0.1) is 0 Å². The fourth-order valence-electron chi connectivity index (χ4n) is 2.05. The zero-order valence-corrected chi connectivity index (χ0v) is 11.4. The van der Waals surface area contributed by atoms with Gasteiger partial charge in [-0.25, -0.2) is 9.59 Å². The summed E-state index contributed by atoms with van der Waals surface area (Å²) in [5, 5.41) is 56.2. The highest BCUT2D eigenvalue weighted by molar-refractivity contribution is 5.90. The molecule has 1 aliphatic heterocycles. The van der Waals surface area contributed by atoms with E-state index in [2.05, 4.69) is 0 Å². The zero-order chi connectivity index (χ0) is 17.3. The van der Waals surface area contributed by atoms with Crippen LogP contribution in [-0.2, 0) is 9.53 Å². The third-order valence-corrected chi connectivity index (χ3v) is 3.26. The maximum atomic E-state index is 11.0. The number of aliphatic hydroxyl groups excluding tert-OH is 3. The highest BCUT2D eigenvalue weighted by Gasteiger charge is 2.48. The lowest BCUT2D eigenvalue weighted by Gasteiger charge is -2.38. The molecule has 0 bridgehead atoms. The third kappa shape index (κ3) is 3.35. The van der Waals surface area contributed by atoms with Crippen LogP contribution in [0.4, 0.5) is 0 Å². The van der Waals surface area contributed by atoms with Gasteiger partial charge in [-0.2, -0.15) is 0 Å². The molecule has 2 rings (SSSR count). The van der Waals surface area contributed by atoms with Gasteiger partial charge in [0.2, 0.25) is 6.29 Å². The molecule has 1 aliphatic rings. The Bertz CT molecular complexity index is 615. The average molecular weight is 330 g/mol. The Labute approximate surface area is 128 Å². The molecule has 0 spiro atoms. The molecule has 1 heterocycles. The summed E-state index contributed by atoms with van der Waals surface area (Å²) in [5.41, 5.74) is -0.388. The van der Waals surface area contributed by atoms with E-state index in [0.29, 0.717) is 0 Å². The molecule has 10 nitrogen and oxygen atoms in total. The maximum Gasteiger partial charge on any atom is 0.339 e. The normalized spacial score (nSPS) is 30.7. The van der Waals surface area contributed by atoms with Crippen LogP contribution in [0.3, 0.4) is 0 Å². The van der Waals surface area contributed by atoms with E-state index < -0.39 is 48.4 Å². The highest BCUT2D eigenvalue weighted by atomic mass is 16.7. The molecule has 0 aromatic heterocycles. The van der Waals surface area contributed by atoms with E-state index in [1.54, 1.807) is 0 Å². The van der Waals surface area contributed by atoms with Gasteiger partial charge >= 0.3 is 11.9 Å². The largest absolute Gasteiger partial charge is 0.507 e. The molecule has 0 saturated carbocycles. The van der Waals surface area contributed by atoms with E-state index in [-0.39, 0.29) is 11.3 Å². The number of hydrogen-bond acceptors (Lipinski definition) is 8. The van der Waals surface area contributed by atoms with E-state index in [1.165, 1.54) is 0 Å². The summed E-state index contributed by atoms with van der Waals surface area (Å²) in [6.45, 7) is 0. The minimum absolute atomic E-state index is 0.135. The highest BCUT2D eigenvalue weighted by Crippen LogP contribution is 2.28. The van der Waals surface area contributed by atoms with E-state index in [4.69, 9.17) is 19.7 Å². The standard InChI is InChI=1S/C13H14O10/c14-6-3-4(1-2-5(6)11(18)19)22-13-9(17)7(15)8(16)10(23-13)12(20)21/h1-3,7-10,13-17H,(H,18,19)(H,20,21). The molecular weight excluding hydrogens is 316 g/mol. The van der Waals surface area contributed by atoms with Gasteiger partial charge in [0.15, 0.2) is 6.10 Å². The van der Waals surface area contributed by atoms with E-state index in [0.717, 1.165) is 18.2 Å². The molecule has 1 aromatic rings. The number of aliphatic hydroxyl groups is 3. The number of carboxylic acid groups (broad SMARTS) is 2. The summed E-state index contributed by atoms with van der Waals surface area (Å²) >= 11 is 0. The molecule has 0 aliphatic carbocycles. The predicted molar refractivity (Wildman–Crippen MR) is 70.0 cm³/mol. The Morgan fingerprint density at radius 2 is 1.70 bits per heavy atom. The maximum absolute atomic E-state index is 11.0. The molecule has 5 atom stereocenters. The number of aliphatic carboxylic acids is 1. The molecule has 1 saturated heterocycles. The van der Waals surface area contributed by atoms with Crippen molar-refractivity contribution in [2.24, 2.45) is 0 Å². The third-order valence-electron chi connectivity index (χ3n) is 3.26. The van der Waals surface area contributed by atoms with E-state index >= 15 is 0 Å². The summed E-state index contributed by atoms with van der Waals surface area (Å²) in [6, 6.07) is 3.10. The number of carboxylic acids is 2. The quantitative estimate of drug-likeness (QED) is 0.376. The Morgan fingerprint density at radius 3 is 2.22 bits per heavy atom. The molecule has 23 heavy (non-hydrogen) atoms. The monoisotopic (exact) mass is 330 g/mol. The Morgan fingerprint density at radius 1 is 1.04 bits per heavy atom. The Balaban J connectivity index is 2.19. The molecule has 5 unspecified atom stereocenters. The van der Waals surface area contributed by atoms with E-state index in [9.17, 15) is 30.0 Å². The topological polar surface area (TPSA) is 174 Å². The van der Waals surface area contributed by atoms with Crippen molar-refractivity contribution in [2.75, 3.05) is 0 Å². The fraction of sp³-hybridized carbons (Fsp3) is 0.385. The summed E-state index contributed by atoms with van der Waals surface area (Å²) in [6.07, 6.45) is -8.93. The summed E-state index contributed by atoms with van der Waals surface area (Å²) < 4.78 is 10.0. The molecular formula is C13H14O10. The van der Waals surface area contributed by atoms with E-state index in [1.807, 2.05) is 0 Å². The van der Waals surface area contributed by atoms with Crippen molar-refractivity contribution in [2.45, 2.75) is 30.7 Å². The first-order valence-corrected chi connectivity index (χ1v) is 6.37. The van der Waals surface area contributed by atoms with Gasteiger partial charge in [-0.05, 0) is 12.1 Å². The molecule has 0 amide bonds. The van der Waals surface area contributed by atoms with Crippen LogP contribution in [-0.4, -0.2) is 73.3 Å². The predicted octanol–water partition coefficient (Wildman–Crippen LogP) is -1.64. The van der Waals surface area contributed by atoms with Gasteiger partial charge in [0, 0.05) is 6.07 Å². The van der Waals surface area contributed by atoms with Crippen molar-refractivity contribution < 1.29 is 49.7 Å². The SMILES string of the molecule is O=C(O)c1ccc(OC2OC(C(=O)O)C(O)C(O)C2O)cc1O. The lowest BCUT2D eigenvalue weighted by Crippen LogP contribution is -2.61. The van der Waals surface area contributed by atoms with Crippen molar-refractivity contribution >= 4 is 11.9 Å². The van der Waals surface area contributed by atoms with Gasteiger partial charge in [-0.1, -0.05) is 0 Å². The molecule has 1 aromatic carbocycles. The zero-order valence-electron chi connectivity index (χ0n) is 11.4. The Hall–Kier alpha value is -2.40. The van der Waals surface area contributed by atoms with Gasteiger partial charge < -0.3 is 40.1 Å². The summed E-state index contributed by atoms with van der Waals surface area (Å²) in [5.74, 6) is -3.69. The first kappa shape index (κ1) is 17.0. The van der Waals surface area contributed by atoms with Gasteiger partial charge in [-0.15, -0.1) is 0 Å². The number of benzene rings is 1. The van der Waals surface area contributed by atoms with Gasteiger partial charge in [0.25, 0.3) is 0 Å². The first-order valence-electron chi connectivity index (χ1n) is 6.37.